The molecule has 3 N–H and O–H groups in total. The van der Waals surface area contributed by atoms with Crippen LogP contribution in [-0.4, -0.2) is 31.3 Å². The highest BCUT2D eigenvalue weighted by Gasteiger charge is 2.24. The van der Waals surface area contributed by atoms with Crippen LogP contribution in [0.15, 0.2) is 24.3 Å². The summed E-state index contributed by atoms with van der Waals surface area (Å²) in [6.07, 6.45) is 4.84. The van der Waals surface area contributed by atoms with Gasteiger partial charge < -0.3 is 20.5 Å². The largest absolute Gasteiger partial charge is 0.464 e. The highest BCUT2D eigenvalue weighted by molar-refractivity contribution is 5.79. The van der Waals surface area contributed by atoms with Crippen LogP contribution in [0, 0.1) is 0 Å². The fraction of sp³-hybridized carbons (Fsp3) is 0.588. The number of rotatable bonds is 8. The van der Waals surface area contributed by atoms with Gasteiger partial charge in [-0.25, -0.2) is 4.79 Å². The van der Waals surface area contributed by atoms with Gasteiger partial charge in [-0.1, -0.05) is 31.0 Å². The molecule has 1 atom stereocenters. The highest BCUT2D eigenvalue weighted by Crippen LogP contribution is 2.22. The number of hydrogen-bond acceptors (Lipinski definition) is 5. The Kier molecular flexibility index (Phi) is 6.68. The second kappa shape index (κ2) is 8.76. The molecule has 0 heterocycles. The Labute approximate surface area is 132 Å². The Morgan fingerprint density at radius 3 is 2.77 bits per heavy atom. The number of para-hydroxylation sites is 1. The summed E-state index contributed by atoms with van der Waals surface area (Å²) >= 11 is 0. The lowest BCUT2D eigenvalue weighted by Crippen LogP contribution is -2.37. The quantitative estimate of drug-likeness (QED) is 0.722. The van der Waals surface area contributed by atoms with Crippen molar-refractivity contribution in [2.24, 2.45) is 5.73 Å². The Morgan fingerprint density at radius 2 is 2.09 bits per heavy atom. The third-order valence-corrected chi connectivity index (χ3v) is 3.94. The first-order valence-corrected chi connectivity index (χ1v) is 8.07. The number of anilines is 1. The molecule has 1 aliphatic carbocycles. The van der Waals surface area contributed by atoms with Crippen molar-refractivity contribution in [3.8, 4) is 0 Å². The molecule has 1 fully saturated rings. The van der Waals surface area contributed by atoms with Crippen LogP contribution in [0.25, 0.3) is 0 Å². The van der Waals surface area contributed by atoms with Gasteiger partial charge in [-0.2, -0.15) is 0 Å². The van der Waals surface area contributed by atoms with Crippen molar-refractivity contribution in [1.29, 1.82) is 0 Å². The molecule has 0 aliphatic heterocycles. The molecule has 2 rings (SSSR count). The normalized spacial score (nSPS) is 16.5. The number of nitrogens with one attached hydrogen (secondary N) is 1. The minimum absolute atomic E-state index is 0.267. The third kappa shape index (κ3) is 4.71. The number of benzene rings is 1. The molecular weight excluding hydrogens is 280 g/mol. The Hall–Kier alpha value is -1.59. The minimum Gasteiger partial charge on any atom is -0.464 e. The average molecular weight is 306 g/mol. The van der Waals surface area contributed by atoms with Crippen molar-refractivity contribution in [2.45, 2.75) is 51.3 Å². The van der Waals surface area contributed by atoms with Crippen LogP contribution in [0.4, 0.5) is 5.69 Å². The zero-order valence-corrected chi connectivity index (χ0v) is 13.2. The van der Waals surface area contributed by atoms with Gasteiger partial charge in [-0.3, -0.25) is 0 Å². The first-order valence-electron chi connectivity index (χ1n) is 8.07. The maximum Gasteiger partial charge on any atom is 0.330 e. The van der Waals surface area contributed by atoms with Gasteiger partial charge in [-0.05, 0) is 31.4 Å². The first-order chi connectivity index (χ1) is 10.7. The number of hydrogen-bond donors (Lipinski definition) is 2. The van der Waals surface area contributed by atoms with Gasteiger partial charge in [0.15, 0.2) is 0 Å². The Bertz CT molecular complexity index is 473. The summed E-state index contributed by atoms with van der Waals surface area (Å²) in [6, 6.07) is 7.21. The molecule has 122 valence electrons. The van der Waals surface area contributed by atoms with Crippen molar-refractivity contribution in [1.82, 2.24) is 0 Å². The smallest absolute Gasteiger partial charge is 0.330 e. The van der Waals surface area contributed by atoms with Crippen molar-refractivity contribution in [3.63, 3.8) is 0 Å². The van der Waals surface area contributed by atoms with E-state index in [0.29, 0.717) is 19.8 Å². The Balaban J connectivity index is 2.01. The standard InChI is InChI=1S/C17H26N2O3/c1-2-21-17(20)16(12-22-14-8-4-5-9-14)19-15-10-6-3-7-13(15)11-18/h3,6-7,10,14,16,19H,2,4-5,8-9,11-12,18H2,1H3/t16-/m0/s1. The topological polar surface area (TPSA) is 73.6 Å². The van der Waals surface area contributed by atoms with Crippen LogP contribution in [0.1, 0.15) is 38.2 Å². The van der Waals surface area contributed by atoms with Crippen LogP contribution in [-0.2, 0) is 20.8 Å². The third-order valence-electron chi connectivity index (χ3n) is 3.94. The summed E-state index contributed by atoms with van der Waals surface area (Å²) in [7, 11) is 0. The molecule has 0 radical (unpaired) electrons. The second-order valence-electron chi connectivity index (χ2n) is 5.55. The predicted molar refractivity (Wildman–Crippen MR) is 86.6 cm³/mol. The van der Waals surface area contributed by atoms with E-state index in [1.165, 1.54) is 12.8 Å². The molecule has 1 aliphatic rings. The van der Waals surface area contributed by atoms with Gasteiger partial charge in [0.2, 0.25) is 0 Å². The lowest BCUT2D eigenvalue weighted by molar-refractivity contribution is -0.145. The van der Waals surface area contributed by atoms with Crippen molar-refractivity contribution < 1.29 is 14.3 Å². The summed E-state index contributed by atoms with van der Waals surface area (Å²) in [5, 5.41) is 3.23. The second-order valence-corrected chi connectivity index (χ2v) is 5.55. The lowest BCUT2D eigenvalue weighted by Gasteiger charge is -2.22. The molecule has 1 aromatic carbocycles. The van der Waals surface area contributed by atoms with E-state index in [2.05, 4.69) is 5.32 Å². The Morgan fingerprint density at radius 1 is 1.36 bits per heavy atom. The van der Waals surface area contributed by atoms with Crippen LogP contribution in [0.2, 0.25) is 0 Å². The molecule has 22 heavy (non-hydrogen) atoms. The molecule has 0 spiro atoms. The minimum atomic E-state index is -0.506. The van der Waals surface area contributed by atoms with E-state index < -0.39 is 6.04 Å². The summed E-state index contributed by atoms with van der Waals surface area (Å²) in [5.41, 5.74) is 7.58. The zero-order chi connectivity index (χ0) is 15.8. The van der Waals surface area contributed by atoms with Crippen LogP contribution >= 0.6 is 0 Å². The van der Waals surface area contributed by atoms with E-state index in [1.54, 1.807) is 6.92 Å². The van der Waals surface area contributed by atoms with Gasteiger partial charge in [-0.15, -0.1) is 0 Å². The number of carbonyl (C=O) groups excluding carboxylic acids is 1. The van der Waals surface area contributed by atoms with E-state index in [0.717, 1.165) is 24.1 Å². The lowest BCUT2D eigenvalue weighted by atomic mass is 10.1. The fourth-order valence-electron chi connectivity index (χ4n) is 2.73. The SMILES string of the molecule is CCOC(=O)[C@H](COC1CCCC1)Nc1ccccc1CN. The summed E-state index contributed by atoms with van der Waals surface area (Å²) in [5.74, 6) is -0.285. The molecular formula is C17H26N2O3. The predicted octanol–water partition coefficient (Wildman–Crippen LogP) is 2.45. The van der Waals surface area contributed by atoms with E-state index in [1.807, 2.05) is 24.3 Å². The molecule has 1 aromatic rings. The van der Waals surface area contributed by atoms with Gasteiger partial charge in [0.05, 0.1) is 19.3 Å². The van der Waals surface area contributed by atoms with E-state index in [-0.39, 0.29) is 12.1 Å². The van der Waals surface area contributed by atoms with Gasteiger partial charge >= 0.3 is 5.97 Å². The molecule has 0 saturated heterocycles. The maximum absolute atomic E-state index is 12.2. The molecule has 5 heteroatoms. The van der Waals surface area contributed by atoms with Crippen molar-refractivity contribution in [2.75, 3.05) is 18.5 Å². The van der Waals surface area contributed by atoms with E-state index in [4.69, 9.17) is 15.2 Å². The van der Waals surface area contributed by atoms with Gasteiger partial charge in [0, 0.05) is 12.2 Å². The van der Waals surface area contributed by atoms with Crippen LogP contribution in [0.3, 0.4) is 0 Å². The summed E-state index contributed by atoms with van der Waals surface area (Å²) in [6.45, 7) is 2.91. The number of carbonyl (C=O) groups is 1. The van der Waals surface area contributed by atoms with Gasteiger partial charge in [0.25, 0.3) is 0 Å². The molecule has 0 amide bonds. The average Bonchev–Trinajstić information content (AvgIpc) is 3.05. The highest BCUT2D eigenvalue weighted by atomic mass is 16.5. The first kappa shape index (κ1) is 16.8. The number of ether oxygens (including phenoxy) is 2. The van der Waals surface area contributed by atoms with Crippen molar-refractivity contribution in [3.05, 3.63) is 29.8 Å². The summed E-state index contributed by atoms with van der Waals surface area (Å²) in [4.78, 5) is 12.2. The molecule has 0 unspecified atom stereocenters. The molecule has 0 aromatic heterocycles. The van der Waals surface area contributed by atoms with Crippen LogP contribution in [0.5, 0.6) is 0 Å². The van der Waals surface area contributed by atoms with Crippen LogP contribution < -0.4 is 11.1 Å². The van der Waals surface area contributed by atoms with Gasteiger partial charge in [0.1, 0.15) is 6.04 Å². The number of esters is 1. The maximum atomic E-state index is 12.2. The number of nitrogens with two attached hydrogens (primary N) is 1. The van der Waals surface area contributed by atoms with Crippen molar-refractivity contribution >= 4 is 11.7 Å². The molecule has 1 saturated carbocycles. The van der Waals surface area contributed by atoms with E-state index in [9.17, 15) is 4.79 Å². The zero-order valence-electron chi connectivity index (χ0n) is 13.2. The summed E-state index contributed by atoms with van der Waals surface area (Å²) < 4.78 is 11.0. The van der Waals surface area contributed by atoms with E-state index >= 15 is 0 Å². The fourth-order valence-corrected chi connectivity index (χ4v) is 2.73. The molecule has 5 nitrogen and oxygen atoms in total. The molecule has 0 bridgehead atoms. The monoisotopic (exact) mass is 306 g/mol.